The topological polar surface area (TPSA) is 222 Å². The van der Waals surface area contributed by atoms with Crippen LogP contribution in [-0.4, -0.2) is 36.2 Å². The van der Waals surface area contributed by atoms with Crippen LogP contribution in [0.4, 0.5) is 11.4 Å². The highest BCUT2D eigenvalue weighted by Gasteiger charge is 2.31. The summed E-state index contributed by atoms with van der Waals surface area (Å²) >= 11 is 0. The van der Waals surface area contributed by atoms with Crippen LogP contribution in [0.2, 0.25) is 2.82 Å². The SMILES string of the molecule is [H]/N=N/c1c(S(=O)(=O)O)c(-c2ccc(-c3ccc(-c4c(S(=O)(=O)O)c(/N=N/[H])c(O)c5ccccc45)c(CC)c3)cc2CC)c2ccccc2c1O. The molecule has 6 aromatic rings. The van der Waals surface area contributed by atoms with Gasteiger partial charge in [0.05, 0.1) is 0 Å². The summed E-state index contributed by atoms with van der Waals surface area (Å²) in [6, 6.07) is 23.5. The third kappa shape index (κ3) is 5.57. The van der Waals surface area contributed by atoms with Gasteiger partial charge in [-0.1, -0.05) is 98.8 Å². The highest BCUT2D eigenvalue weighted by atomic mass is 32.2. The highest BCUT2D eigenvalue weighted by molar-refractivity contribution is 7.86. The Morgan fingerprint density at radius 1 is 0.600 bits per heavy atom. The van der Waals surface area contributed by atoms with E-state index in [1.807, 2.05) is 26.0 Å². The van der Waals surface area contributed by atoms with Gasteiger partial charge in [-0.2, -0.15) is 27.1 Å². The van der Waals surface area contributed by atoms with Gasteiger partial charge in [0.15, 0.2) is 11.5 Å². The summed E-state index contributed by atoms with van der Waals surface area (Å²) in [4.78, 5) is -1.39. The lowest BCUT2D eigenvalue weighted by Gasteiger charge is -2.20. The van der Waals surface area contributed by atoms with Crippen LogP contribution in [0, 0.1) is 11.0 Å². The molecule has 0 aromatic heterocycles. The van der Waals surface area contributed by atoms with E-state index in [0.29, 0.717) is 57.0 Å². The highest BCUT2D eigenvalue weighted by Crippen LogP contribution is 2.50. The minimum absolute atomic E-state index is 0.0730. The summed E-state index contributed by atoms with van der Waals surface area (Å²) in [6.45, 7) is 3.73. The van der Waals surface area contributed by atoms with Gasteiger partial charge in [-0.15, -0.1) is 0 Å². The largest absolute Gasteiger partial charge is 0.505 e. The van der Waals surface area contributed by atoms with E-state index < -0.39 is 52.9 Å². The molecule has 12 nitrogen and oxygen atoms in total. The molecular weight excluding hydrogens is 681 g/mol. The molecule has 0 aliphatic rings. The van der Waals surface area contributed by atoms with Crippen molar-refractivity contribution < 1.29 is 39.0 Å². The van der Waals surface area contributed by atoms with Crippen LogP contribution in [0.5, 0.6) is 11.5 Å². The molecule has 6 N–H and O–H groups in total. The fourth-order valence-corrected chi connectivity index (χ4v) is 8.33. The molecule has 254 valence electrons. The molecule has 0 bridgehead atoms. The van der Waals surface area contributed by atoms with Gasteiger partial charge < -0.3 is 10.2 Å². The molecule has 6 rings (SSSR count). The van der Waals surface area contributed by atoms with E-state index >= 15 is 0 Å². The second-order valence-corrected chi connectivity index (χ2v) is 14.2. The maximum absolute atomic E-state index is 12.9. The van der Waals surface area contributed by atoms with Crippen LogP contribution in [0.1, 0.15) is 25.0 Å². The number of aryl methyl sites for hydroxylation is 2. The van der Waals surface area contributed by atoms with Gasteiger partial charge >= 0.3 is 0 Å². The van der Waals surface area contributed by atoms with Gasteiger partial charge in [-0.05, 0) is 57.0 Å². The van der Waals surface area contributed by atoms with Crippen LogP contribution in [0.3, 0.4) is 0 Å². The first kappa shape index (κ1) is 31.7. The summed E-state index contributed by atoms with van der Waals surface area (Å²) in [5.74, 6) is -1.11. The summed E-state index contributed by atoms with van der Waals surface area (Å²) in [7, 11) is -10.0. The number of aromatic hydroxyl groups is 2. The second-order valence-electron chi connectivity index (χ2n) is 11.5. The molecule has 0 aliphatic carbocycles. The monoisotopic (exact) mass is 710 g/mol. The molecule has 0 saturated carbocycles. The van der Waals surface area contributed by atoms with E-state index in [1.165, 1.54) is 0 Å². The quantitative estimate of drug-likeness (QED) is 0.0625. The van der Waals surface area contributed by atoms with Gasteiger partial charge in [-0.25, -0.2) is 11.0 Å². The van der Waals surface area contributed by atoms with Crippen molar-refractivity contribution in [2.45, 2.75) is 36.5 Å². The third-order valence-corrected chi connectivity index (χ3v) is 10.6. The summed E-state index contributed by atoms with van der Waals surface area (Å²) in [5.41, 5.74) is 8.48. The van der Waals surface area contributed by atoms with Crippen LogP contribution >= 0.6 is 0 Å². The fourth-order valence-electron chi connectivity index (χ4n) is 6.61. The minimum atomic E-state index is -5.01. The zero-order valence-electron chi connectivity index (χ0n) is 28.5. The van der Waals surface area contributed by atoms with Crippen molar-refractivity contribution in [2.24, 2.45) is 10.2 Å². The van der Waals surface area contributed by atoms with E-state index in [9.17, 15) is 36.2 Å². The molecule has 14 heteroatoms. The number of fused-ring (bicyclic) bond motifs is 2. The predicted octanol–water partition coefficient (Wildman–Crippen LogP) is 9.35. The first-order valence-corrected chi connectivity index (χ1v) is 18.1. The molecule has 0 saturated heterocycles. The van der Waals surface area contributed by atoms with Crippen LogP contribution in [0.25, 0.3) is 54.9 Å². The Bertz CT molecular complexity index is 2530. The lowest BCUT2D eigenvalue weighted by Crippen LogP contribution is -2.04. The maximum atomic E-state index is 12.9. The Hall–Kier alpha value is -5.54. The normalized spacial score (nSPS) is 13.0. The smallest absolute Gasteiger partial charge is 0.297 e. The van der Waals surface area contributed by atoms with E-state index in [-0.39, 0.29) is 21.9 Å². The molecule has 0 fully saturated rings. The maximum Gasteiger partial charge on any atom is 0.297 e. The van der Waals surface area contributed by atoms with Gasteiger partial charge in [0.1, 0.15) is 21.2 Å². The van der Waals surface area contributed by atoms with Gasteiger partial charge in [0.2, 0.25) is 2.82 Å². The Balaban J connectivity index is 1.61. The van der Waals surface area contributed by atoms with Crippen molar-refractivity contribution in [2.75, 3.05) is 0 Å². The minimum Gasteiger partial charge on any atom is -0.505 e. The summed E-state index contributed by atoms with van der Waals surface area (Å²) < 4.78 is 86.8. The summed E-state index contributed by atoms with van der Waals surface area (Å²) in [6.07, 6.45) is 0.809. The van der Waals surface area contributed by atoms with Crippen molar-refractivity contribution in [1.29, 1.82) is 11.0 Å². The Morgan fingerprint density at radius 2 is 0.960 bits per heavy atom. The Kier molecular flexibility index (Phi) is 8.07. The van der Waals surface area contributed by atoms with Gasteiger partial charge in [0, 0.05) is 21.9 Å². The number of rotatable bonds is 9. The lowest BCUT2D eigenvalue weighted by atomic mass is 9.88. The molecule has 0 unspecified atom stereocenters. The van der Waals surface area contributed by atoms with Crippen LogP contribution in [0.15, 0.2) is 105 Å². The standard InChI is InChI=1S/C36H30N4O8S2/c1-3-19-17-21(13-15-23(19)29-25-9-5-7-11-27(25)33(41)31(39-37)35(29)49(43,44)45)22-14-16-24(20(4-2)18-22)30-26-10-6-8-12-28(26)34(42)32(40-38)36(30)50(46,47)48/h5-18,37-38,41-42H,3-4H2,1-2H3,(H,43,44,45)(H,46,47,48)/b39-37+,40-38+. The number of phenolic OH excluding ortho intramolecular Hbond substituents is 2. The van der Waals surface area contributed by atoms with Gasteiger partial charge in [-0.3, -0.25) is 9.11 Å². The lowest BCUT2D eigenvalue weighted by molar-refractivity contribution is 0.472. The zero-order valence-corrected chi connectivity index (χ0v) is 28.2. The predicted molar refractivity (Wildman–Crippen MR) is 189 cm³/mol. The molecular formula is C36H30N4O8S2. The van der Waals surface area contributed by atoms with Crippen molar-refractivity contribution >= 4 is 53.2 Å². The van der Waals surface area contributed by atoms with E-state index in [2.05, 4.69) is 21.3 Å². The van der Waals surface area contributed by atoms with Crippen LogP contribution in [-0.2, 0) is 33.1 Å². The number of benzene rings is 6. The molecule has 0 radical (unpaired) electrons. The molecule has 0 heterocycles. The van der Waals surface area contributed by atoms with E-state index in [4.69, 9.17) is 2.82 Å². The van der Waals surface area contributed by atoms with Crippen molar-refractivity contribution in [3.05, 3.63) is 96.1 Å². The number of phenols is 2. The van der Waals surface area contributed by atoms with Crippen molar-refractivity contribution in [3.63, 3.8) is 0 Å². The number of hydrogen-bond acceptors (Lipinski definition) is 10. The van der Waals surface area contributed by atoms with Crippen LogP contribution < -0.4 is 0 Å². The number of hydrogen-bond donors (Lipinski definition) is 6. The average molecular weight is 711 g/mol. The second kappa shape index (κ2) is 12.7. The first-order valence-electron chi connectivity index (χ1n) is 16.1. The number of nitrogens with one attached hydrogen (secondary N) is 2. The Morgan fingerprint density at radius 3 is 1.28 bits per heavy atom. The number of nitrogens with zero attached hydrogens (tertiary/aromatic N) is 2. The average Bonchev–Trinajstić information content (AvgIpc) is 3.12. The molecule has 0 spiro atoms. The summed E-state index contributed by atoms with van der Waals surface area (Å²) in [5, 5.41) is 30.1. The Labute approximate surface area is 290 Å². The molecule has 50 heavy (non-hydrogen) atoms. The molecule has 0 atom stereocenters. The van der Waals surface area contributed by atoms with E-state index in [0.717, 1.165) is 0 Å². The van der Waals surface area contributed by atoms with Gasteiger partial charge in [0.25, 0.3) is 20.2 Å². The fraction of sp³-hybridized carbons (Fsp3) is 0.111. The van der Waals surface area contributed by atoms with Crippen molar-refractivity contribution in [3.8, 4) is 44.9 Å². The molecule has 6 aromatic carbocycles. The molecule has 0 aliphatic heterocycles. The third-order valence-electron chi connectivity index (χ3n) is 8.80. The van der Waals surface area contributed by atoms with Crippen molar-refractivity contribution in [1.82, 2.24) is 0 Å². The zero-order chi connectivity index (χ0) is 37.5. The van der Waals surface area contributed by atoms with E-state index in [1.54, 1.807) is 72.8 Å². The molecule has 0 amide bonds. The first-order chi connectivity index (χ1) is 24.8.